The highest BCUT2D eigenvalue weighted by Crippen LogP contribution is 2.61. The van der Waals surface area contributed by atoms with Crippen LogP contribution in [0.2, 0.25) is 0 Å². The molecule has 11 heteroatoms. The highest BCUT2D eigenvalue weighted by molar-refractivity contribution is 6.54. The normalized spacial score (nSPS) is 17.7. The Hall–Kier alpha value is -5.35. The standard InChI is InChI=1S/C58H72N2O8Si/c1-15-57(16-2)48-36-41(59-12)24-29-44(48)51-46-37-49(60-32-18-17-19-33-60)50(62-14)38-47(46)53-45(52(51)57)30-31-58(65-53,39-20-25-42(61-13)26-21-39)40-22-27-43(28-23-40)63-34-35-64-69(66-54(3,4)5,67-55(6,7)8)68-56(9,10)11/h20-31,36-38H,15-19,32-35H2,1-11,13-14H3. The number of methoxy groups -OCH3 is 2. The molecule has 1 saturated heterocycles. The van der Waals surface area contributed by atoms with Crippen LogP contribution in [0.15, 0.2) is 84.9 Å². The minimum atomic E-state index is -3.67. The number of fused-ring (bicyclic) bond motifs is 8. The summed E-state index contributed by atoms with van der Waals surface area (Å²) in [5.41, 5.74) is 6.42. The van der Waals surface area contributed by atoms with Crippen LogP contribution in [0.3, 0.4) is 0 Å². The number of benzene rings is 5. The summed E-state index contributed by atoms with van der Waals surface area (Å²) in [5, 5.41) is 2.10. The van der Waals surface area contributed by atoms with E-state index in [2.05, 4.69) is 84.3 Å². The molecule has 8 rings (SSSR count). The van der Waals surface area contributed by atoms with Crippen molar-refractivity contribution in [3.63, 3.8) is 0 Å². The average Bonchev–Trinajstić information content (AvgIpc) is 3.61. The zero-order valence-corrected chi connectivity index (χ0v) is 44.2. The lowest BCUT2D eigenvalue weighted by molar-refractivity contribution is -0.135. The largest absolute Gasteiger partial charge is 0.681 e. The second-order valence-corrected chi connectivity index (χ2v) is 23.4. The number of rotatable bonds is 15. The van der Waals surface area contributed by atoms with Gasteiger partial charge in [0.25, 0.3) is 0 Å². The van der Waals surface area contributed by atoms with Crippen molar-refractivity contribution in [1.82, 2.24) is 0 Å². The summed E-state index contributed by atoms with van der Waals surface area (Å²) < 4.78 is 52.1. The molecule has 0 radical (unpaired) electrons. The van der Waals surface area contributed by atoms with Crippen LogP contribution in [0.25, 0.3) is 32.8 Å². The molecular weight excluding hydrogens is 881 g/mol. The van der Waals surface area contributed by atoms with Crippen molar-refractivity contribution in [2.75, 3.05) is 45.4 Å². The van der Waals surface area contributed by atoms with Gasteiger partial charge in [-0.15, -0.1) is 0 Å². The Kier molecular flexibility index (Phi) is 13.9. The van der Waals surface area contributed by atoms with Crippen molar-refractivity contribution >= 4 is 37.3 Å². The van der Waals surface area contributed by atoms with Crippen LogP contribution in [0.1, 0.15) is 136 Å². The van der Waals surface area contributed by atoms with Crippen molar-refractivity contribution < 1.29 is 36.7 Å². The first kappa shape index (κ1) is 50.0. The molecule has 69 heavy (non-hydrogen) atoms. The number of ether oxygens (including phenoxy) is 4. The zero-order valence-electron chi connectivity index (χ0n) is 43.2. The Morgan fingerprint density at radius 2 is 1.29 bits per heavy atom. The van der Waals surface area contributed by atoms with Gasteiger partial charge >= 0.3 is 9.05 Å². The number of nitrogens with zero attached hydrogens (tertiary/aromatic N) is 2. The van der Waals surface area contributed by atoms with Crippen molar-refractivity contribution in [3.8, 4) is 34.1 Å². The van der Waals surface area contributed by atoms with Gasteiger partial charge in [0.15, 0.2) is 11.3 Å². The molecular formula is C58H72N2O8Si. The van der Waals surface area contributed by atoms with Crippen molar-refractivity contribution in [2.24, 2.45) is 0 Å². The first-order valence-corrected chi connectivity index (χ1v) is 26.3. The van der Waals surface area contributed by atoms with Crippen LogP contribution in [0.4, 0.5) is 11.4 Å². The van der Waals surface area contributed by atoms with Gasteiger partial charge < -0.3 is 41.6 Å². The summed E-state index contributed by atoms with van der Waals surface area (Å²) in [5.74, 6) is 3.05. The topological polar surface area (TPSA) is 81.4 Å². The van der Waals surface area contributed by atoms with Gasteiger partial charge in [0.2, 0.25) is 0 Å². The van der Waals surface area contributed by atoms with Crippen LogP contribution < -0.4 is 23.8 Å². The van der Waals surface area contributed by atoms with Crippen molar-refractivity contribution in [1.29, 1.82) is 0 Å². The number of piperidine rings is 1. The minimum absolute atomic E-state index is 0.190. The minimum Gasteiger partial charge on any atom is -0.497 e. The zero-order chi connectivity index (χ0) is 49.6. The van der Waals surface area contributed by atoms with E-state index in [1.54, 1.807) is 14.2 Å². The van der Waals surface area contributed by atoms with Crippen LogP contribution in [-0.4, -0.2) is 66.4 Å². The SMILES string of the molecule is [C-]#[N+]c1ccc2c(c1)C(CC)(CC)c1c3c(c4cc(OC)c(N5CCCCC5)cc4c1-2)OC(c1ccc(OC)cc1)(c1ccc(OCCO[Si](OC(C)(C)C)(OC(C)(C)C)OC(C)(C)C)cc1)C=C3. The van der Waals surface area contributed by atoms with Crippen LogP contribution in [0, 0.1) is 6.57 Å². The Labute approximate surface area is 412 Å². The number of hydrogen-bond donors (Lipinski definition) is 0. The van der Waals surface area contributed by atoms with E-state index in [-0.39, 0.29) is 18.6 Å². The van der Waals surface area contributed by atoms with Gasteiger partial charge in [-0.25, -0.2) is 4.85 Å². The van der Waals surface area contributed by atoms with E-state index in [0.717, 1.165) is 89.2 Å². The highest BCUT2D eigenvalue weighted by Gasteiger charge is 2.54. The van der Waals surface area contributed by atoms with Gasteiger partial charge in [0.05, 0.1) is 49.9 Å². The lowest BCUT2D eigenvalue weighted by Gasteiger charge is -2.41. The van der Waals surface area contributed by atoms with Gasteiger partial charge in [0.1, 0.15) is 29.6 Å². The number of hydrogen-bond acceptors (Lipinski definition) is 9. The first-order chi connectivity index (χ1) is 32.7. The predicted octanol–water partition coefficient (Wildman–Crippen LogP) is 14.1. The molecule has 10 nitrogen and oxygen atoms in total. The summed E-state index contributed by atoms with van der Waals surface area (Å²) in [7, 11) is -0.221. The van der Waals surface area contributed by atoms with Gasteiger partial charge in [0, 0.05) is 40.6 Å². The fraction of sp³-hybridized carbons (Fsp3) is 0.466. The molecule has 0 aromatic heterocycles. The third-order valence-electron chi connectivity index (χ3n) is 13.4. The molecule has 0 spiro atoms. The fourth-order valence-electron chi connectivity index (χ4n) is 10.5. The van der Waals surface area contributed by atoms with E-state index in [4.69, 9.17) is 43.2 Å². The maximum Gasteiger partial charge on any atom is 0.681 e. The molecule has 1 fully saturated rings. The number of anilines is 1. The maximum absolute atomic E-state index is 8.01. The van der Waals surface area contributed by atoms with Crippen molar-refractivity contribution in [2.45, 2.75) is 136 Å². The average molecular weight is 953 g/mol. The van der Waals surface area contributed by atoms with E-state index < -0.39 is 31.5 Å². The Balaban J connectivity index is 1.23. The fourth-order valence-corrected chi connectivity index (χ4v) is 13.4. The van der Waals surface area contributed by atoms with Crippen LogP contribution in [0.5, 0.6) is 23.0 Å². The van der Waals surface area contributed by atoms with Gasteiger partial charge in [-0.1, -0.05) is 62.4 Å². The predicted molar refractivity (Wildman–Crippen MR) is 279 cm³/mol. The van der Waals surface area contributed by atoms with Gasteiger partial charge in [-0.05, 0) is 165 Å². The molecule has 3 aliphatic rings. The van der Waals surface area contributed by atoms with E-state index in [9.17, 15) is 0 Å². The monoisotopic (exact) mass is 953 g/mol. The summed E-state index contributed by atoms with van der Waals surface area (Å²) >= 11 is 0. The molecule has 366 valence electrons. The Morgan fingerprint density at radius 1 is 0.696 bits per heavy atom. The molecule has 0 bridgehead atoms. The van der Waals surface area contributed by atoms with Gasteiger partial charge in [-0.2, -0.15) is 0 Å². The third kappa shape index (κ3) is 9.89. The second kappa shape index (κ2) is 19.1. The van der Waals surface area contributed by atoms with Crippen LogP contribution in [-0.2, 0) is 28.7 Å². The van der Waals surface area contributed by atoms with E-state index in [1.807, 2.05) is 92.6 Å². The molecule has 5 aromatic carbocycles. The lowest BCUT2D eigenvalue weighted by atomic mass is 9.71. The first-order valence-electron chi connectivity index (χ1n) is 24.7. The summed E-state index contributed by atoms with van der Waals surface area (Å²) in [4.78, 5) is 6.39. The summed E-state index contributed by atoms with van der Waals surface area (Å²) in [6.07, 6.45) is 9.73. The molecule has 2 aliphatic heterocycles. The Morgan fingerprint density at radius 3 is 1.83 bits per heavy atom. The van der Waals surface area contributed by atoms with Gasteiger partial charge in [-0.3, -0.25) is 0 Å². The molecule has 1 aliphatic carbocycles. The molecule has 1 atom stereocenters. The third-order valence-corrected chi connectivity index (χ3v) is 16.5. The molecule has 5 aromatic rings. The smallest absolute Gasteiger partial charge is 0.497 e. The molecule has 0 N–H and O–H groups in total. The quantitative estimate of drug-likeness (QED) is 0.0579. The molecule has 2 heterocycles. The molecule has 0 amide bonds. The van der Waals surface area contributed by atoms with E-state index >= 15 is 0 Å². The Bertz CT molecular complexity index is 2690. The van der Waals surface area contributed by atoms with E-state index in [0.29, 0.717) is 11.4 Å². The van der Waals surface area contributed by atoms with Crippen molar-refractivity contribution in [3.05, 3.63) is 124 Å². The van der Waals surface area contributed by atoms with Crippen LogP contribution >= 0.6 is 0 Å². The summed E-state index contributed by atoms with van der Waals surface area (Å²) in [6, 6.07) is 27.1. The second-order valence-electron chi connectivity index (χ2n) is 21.5. The maximum atomic E-state index is 8.01. The molecule has 1 unspecified atom stereocenters. The summed E-state index contributed by atoms with van der Waals surface area (Å²) in [6.45, 7) is 32.7. The molecule has 0 saturated carbocycles. The lowest BCUT2D eigenvalue weighted by Crippen LogP contribution is -2.59. The van der Waals surface area contributed by atoms with E-state index in [1.165, 1.54) is 28.7 Å². The highest BCUT2D eigenvalue weighted by atomic mass is 28.4.